The summed E-state index contributed by atoms with van der Waals surface area (Å²) in [5.41, 5.74) is 1.68. The molecule has 2 heterocycles. The fourth-order valence-electron chi connectivity index (χ4n) is 2.95. The van der Waals surface area contributed by atoms with Crippen LogP contribution in [0.4, 0.5) is 0 Å². The Morgan fingerprint density at radius 1 is 1.32 bits per heavy atom. The van der Waals surface area contributed by atoms with Crippen LogP contribution in [-0.4, -0.2) is 29.8 Å². The van der Waals surface area contributed by atoms with E-state index in [0.717, 1.165) is 42.5 Å². The molecule has 138 valence electrons. The number of ether oxygens (including phenoxy) is 1. The molecule has 25 heavy (non-hydrogen) atoms. The summed E-state index contributed by atoms with van der Waals surface area (Å²) < 4.78 is 14.2. The second-order valence-electron chi connectivity index (χ2n) is 8.41. The van der Waals surface area contributed by atoms with Gasteiger partial charge >= 0.3 is 0 Å². The minimum absolute atomic E-state index is 0.0382. The van der Waals surface area contributed by atoms with Crippen molar-refractivity contribution in [3.05, 3.63) is 23.9 Å². The molecule has 0 radical (unpaired) electrons. The minimum Gasteiger partial charge on any atom is -0.543 e. The van der Waals surface area contributed by atoms with Crippen LogP contribution >= 0.6 is 0 Å². The highest BCUT2D eigenvalue weighted by atomic mass is 28.4. The van der Waals surface area contributed by atoms with E-state index in [2.05, 4.69) is 39.0 Å². The number of nitrogens with zero attached hydrogens (tertiary/aromatic N) is 2. The molecule has 2 aromatic rings. The average molecular weight is 363 g/mol. The third-order valence-electron chi connectivity index (χ3n) is 5.51. The zero-order chi connectivity index (χ0) is 18.2. The zero-order valence-corrected chi connectivity index (χ0v) is 17.0. The van der Waals surface area contributed by atoms with Crippen LogP contribution in [0, 0.1) is 0 Å². The Morgan fingerprint density at radius 3 is 2.68 bits per heavy atom. The van der Waals surface area contributed by atoms with Gasteiger partial charge < -0.3 is 14.3 Å². The third-order valence-corrected chi connectivity index (χ3v) is 9.87. The van der Waals surface area contributed by atoms with Crippen LogP contribution in [0.2, 0.25) is 18.1 Å². The lowest BCUT2D eigenvalue weighted by Gasteiger charge is -2.36. The van der Waals surface area contributed by atoms with Crippen molar-refractivity contribution < 1.29 is 14.3 Å². The number of aromatic nitrogens is 2. The van der Waals surface area contributed by atoms with Crippen LogP contribution < -0.4 is 4.43 Å². The number of benzene rings is 1. The van der Waals surface area contributed by atoms with Gasteiger partial charge in [-0.05, 0) is 55.6 Å². The molecule has 0 saturated carbocycles. The van der Waals surface area contributed by atoms with Crippen LogP contribution in [0.25, 0.3) is 10.9 Å². The van der Waals surface area contributed by atoms with E-state index < -0.39 is 8.32 Å². The quantitative estimate of drug-likeness (QED) is 0.807. The van der Waals surface area contributed by atoms with E-state index in [4.69, 9.17) is 9.16 Å². The molecule has 0 aliphatic carbocycles. The monoisotopic (exact) mass is 362 g/mol. The Kier molecular flexibility index (Phi) is 4.97. The summed E-state index contributed by atoms with van der Waals surface area (Å²) in [7, 11) is -1.90. The lowest BCUT2D eigenvalue weighted by atomic mass is 10.1. The van der Waals surface area contributed by atoms with Gasteiger partial charge in [-0.2, -0.15) is 5.10 Å². The summed E-state index contributed by atoms with van der Waals surface area (Å²) in [6, 6.07) is 6.08. The van der Waals surface area contributed by atoms with Gasteiger partial charge in [-0.15, -0.1) is 0 Å². The number of aliphatic hydroxyl groups excluding tert-OH is 1. The predicted octanol–water partition coefficient (Wildman–Crippen LogP) is 4.61. The highest BCUT2D eigenvalue weighted by Crippen LogP contribution is 2.38. The molecule has 0 amide bonds. The molecule has 1 N–H and O–H groups in total. The topological polar surface area (TPSA) is 56.5 Å². The number of hydrogen-bond donors (Lipinski definition) is 1. The van der Waals surface area contributed by atoms with E-state index >= 15 is 0 Å². The number of aliphatic hydroxyl groups is 1. The van der Waals surface area contributed by atoms with Crippen molar-refractivity contribution in [1.29, 1.82) is 0 Å². The molecule has 0 spiro atoms. The van der Waals surface area contributed by atoms with Gasteiger partial charge in [0.1, 0.15) is 5.75 Å². The maximum atomic E-state index is 9.75. The molecule has 1 atom stereocenters. The maximum absolute atomic E-state index is 9.75. The van der Waals surface area contributed by atoms with E-state index in [1.54, 1.807) is 0 Å². The number of rotatable bonds is 4. The summed E-state index contributed by atoms with van der Waals surface area (Å²) in [6.07, 6.45) is 3.17. The molecule has 1 fully saturated rings. The minimum atomic E-state index is -1.90. The molecule has 1 aliphatic heterocycles. The molecule has 3 rings (SSSR count). The molecular formula is C19H30N2O3Si. The molecule has 6 heteroatoms. The Morgan fingerprint density at radius 2 is 2.08 bits per heavy atom. The second kappa shape index (κ2) is 6.74. The van der Waals surface area contributed by atoms with Gasteiger partial charge in [0.15, 0.2) is 6.23 Å². The highest BCUT2D eigenvalue weighted by Gasteiger charge is 2.39. The summed E-state index contributed by atoms with van der Waals surface area (Å²) in [5, 5.41) is 15.5. The smallest absolute Gasteiger partial charge is 0.250 e. The molecule has 1 aliphatic rings. The summed E-state index contributed by atoms with van der Waals surface area (Å²) in [6.45, 7) is 11.9. The largest absolute Gasteiger partial charge is 0.543 e. The van der Waals surface area contributed by atoms with Crippen LogP contribution in [-0.2, 0) is 11.3 Å². The fraction of sp³-hybridized carbons (Fsp3) is 0.632. The Bertz CT molecular complexity index is 743. The molecule has 1 saturated heterocycles. The van der Waals surface area contributed by atoms with E-state index in [1.165, 1.54) is 0 Å². The van der Waals surface area contributed by atoms with Gasteiger partial charge in [-0.25, -0.2) is 4.68 Å². The van der Waals surface area contributed by atoms with E-state index in [9.17, 15) is 5.11 Å². The van der Waals surface area contributed by atoms with Crippen LogP contribution in [0.3, 0.4) is 0 Å². The van der Waals surface area contributed by atoms with Gasteiger partial charge in [0.25, 0.3) is 0 Å². The predicted molar refractivity (Wildman–Crippen MR) is 102 cm³/mol. The molecule has 1 aromatic carbocycles. The number of fused-ring (bicyclic) bond motifs is 1. The highest BCUT2D eigenvalue weighted by molar-refractivity contribution is 6.74. The first kappa shape index (κ1) is 18.4. The SMILES string of the molecule is CC(C)(C)[Si](C)(C)Oc1ccc2c(c1)c(CO)nn2[C@H]1CCCCO1. The first-order valence-electron chi connectivity index (χ1n) is 9.15. The van der Waals surface area contributed by atoms with Crippen LogP contribution in [0.15, 0.2) is 18.2 Å². The van der Waals surface area contributed by atoms with Crippen molar-refractivity contribution in [3.8, 4) is 5.75 Å². The Balaban J connectivity index is 1.97. The van der Waals surface area contributed by atoms with E-state index in [-0.39, 0.29) is 17.9 Å². The lowest BCUT2D eigenvalue weighted by molar-refractivity contribution is -0.0370. The molecule has 0 unspecified atom stereocenters. The first-order valence-corrected chi connectivity index (χ1v) is 12.1. The lowest BCUT2D eigenvalue weighted by Crippen LogP contribution is -2.43. The van der Waals surface area contributed by atoms with Gasteiger partial charge in [0.05, 0.1) is 17.8 Å². The normalized spacial score (nSPS) is 19.4. The standard InChI is InChI=1S/C19H30N2O3Si/c1-19(2,3)25(4,5)24-14-9-10-17-15(12-14)16(13-22)20-21(17)18-8-6-7-11-23-18/h9-10,12,18,22H,6-8,11,13H2,1-5H3/t18-/m1/s1. The third kappa shape index (κ3) is 3.61. The summed E-state index contributed by atoms with van der Waals surface area (Å²) in [5.74, 6) is 0.859. The van der Waals surface area contributed by atoms with Crippen LogP contribution in [0.1, 0.15) is 52.0 Å². The Hall–Kier alpha value is -1.37. The molecule has 1 aromatic heterocycles. The summed E-state index contributed by atoms with van der Waals surface area (Å²) in [4.78, 5) is 0. The van der Waals surface area contributed by atoms with Crippen molar-refractivity contribution in [1.82, 2.24) is 9.78 Å². The average Bonchev–Trinajstić information content (AvgIpc) is 2.92. The van der Waals surface area contributed by atoms with Crippen LogP contribution in [0.5, 0.6) is 5.75 Å². The van der Waals surface area contributed by atoms with E-state index in [0.29, 0.717) is 5.69 Å². The summed E-state index contributed by atoms with van der Waals surface area (Å²) >= 11 is 0. The second-order valence-corrected chi connectivity index (χ2v) is 13.1. The molecule has 5 nitrogen and oxygen atoms in total. The van der Waals surface area contributed by atoms with Crippen molar-refractivity contribution in [2.24, 2.45) is 0 Å². The van der Waals surface area contributed by atoms with Crippen molar-refractivity contribution in [2.75, 3.05) is 6.61 Å². The Labute approximate surface area is 151 Å². The zero-order valence-electron chi connectivity index (χ0n) is 16.0. The van der Waals surface area contributed by atoms with Crippen molar-refractivity contribution in [2.45, 2.75) is 71.0 Å². The maximum Gasteiger partial charge on any atom is 0.250 e. The van der Waals surface area contributed by atoms with Gasteiger partial charge in [-0.1, -0.05) is 20.8 Å². The van der Waals surface area contributed by atoms with Crippen molar-refractivity contribution >= 4 is 19.2 Å². The van der Waals surface area contributed by atoms with Gasteiger partial charge in [-0.3, -0.25) is 0 Å². The van der Waals surface area contributed by atoms with Crippen molar-refractivity contribution in [3.63, 3.8) is 0 Å². The van der Waals surface area contributed by atoms with E-state index in [1.807, 2.05) is 22.9 Å². The first-order chi connectivity index (χ1) is 11.7. The molecular weight excluding hydrogens is 332 g/mol. The van der Waals surface area contributed by atoms with Gasteiger partial charge in [0.2, 0.25) is 8.32 Å². The fourth-order valence-corrected chi connectivity index (χ4v) is 3.97. The molecule has 0 bridgehead atoms. The van der Waals surface area contributed by atoms with Gasteiger partial charge in [0, 0.05) is 12.0 Å². The number of hydrogen-bond acceptors (Lipinski definition) is 4.